The smallest absolute Gasteiger partial charge is 0.306 e. The molecule has 2 aromatic rings. The molecule has 0 saturated heterocycles. The van der Waals surface area contributed by atoms with E-state index in [0.717, 1.165) is 12.1 Å². The molecule has 2 amide bonds. The lowest BCUT2D eigenvalue weighted by Crippen LogP contribution is -2.21. The highest BCUT2D eigenvalue weighted by Gasteiger charge is 2.15. The van der Waals surface area contributed by atoms with Crippen LogP contribution in [0.25, 0.3) is 0 Å². The number of amides is 2. The van der Waals surface area contributed by atoms with E-state index in [1.165, 1.54) is 24.3 Å². The van der Waals surface area contributed by atoms with Crippen LogP contribution in [0.15, 0.2) is 36.4 Å². The molecule has 0 bridgehead atoms. The fourth-order valence-electron chi connectivity index (χ4n) is 1.99. The Morgan fingerprint density at radius 1 is 0.909 bits per heavy atom. The van der Waals surface area contributed by atoms with Crippen molar-refractivity contribution in [2.45, 2.75) is 12.8 Å². The summed E-state index contributed by atoms with van der Waals surface area (Å²) >= 11 is 0. The number of carbonyl (C=O) groups is 2. The number of aryl methyl sites for hydroxylation is 1. The molecule has 2 rings (SSSR count). The third-order valence-electron chi connectivity index (χ3n) is 3.52. The average molecular weight is 459 g/mol. The number of nitrogens with two attached hydrogens (primary N) is 3. The molecule has 33 heavy (non-hydrogen) atoms. The van der Waals surface area contributed by atoms with E-state index < -0.39 is 33.2 Å². The van der Waals surface area contributed by atoms with Gasteiger partial charge < -0.3 is 17.2 Å². The van der Waals surface area contributed by atoms with Gasteiger partial charge in [-0.25, -0.2) is 0 Å². The standard InChI is InChI=1S/C10H9N3O3.C7H3FN2O2.C2H6N2O/c11-6-7-1-2-8(3-4-10(12)14)9(5-7)13(15)16;8-6-2-1-5(4-9)3-7(6)10(11)12;3-1-2(4)5/h1-2,5H,3-4H2,(H2,12,14);1-3H;1,3H2,(H2,4,5). The summed E-state index contributed by atoms with van der Waals surface area (Å²) in [5.74, 6) is -1.91. The molecule has 172 valence electrons. The van der Waals surface area contributed by atoms with Gasteiger partial charge in [0, 0.05) is 24.1 Å². The van der Waals surface area contributed by atoms with Crippen molar-refractivity contribution in [1.82, 2.24) is 0 Å². The van der Waals surface area contributed by atoms with Crippen LogP contribution in [-0.4, -0.2) is 28.2 Å². The van der Waals surface area contributed by atoms with Gasteiger partial charge in [-0.05, 0) is 24.6 Å². The second-order valence-electron chi connectivity index (χ2n) is 5.88. The Kier molecular flexibility index (Phi) is 12.0. The zero-order valence-electron chi connectivity index (χ0n) is 16.9. The Hall–Kier alpha value is -4.95. The quantitative estimate of drug-likeness (QED) is 0.409. The molecule has 0 unspecified atom stereocenters. The van der Waals surface area contributed by atoms with Gasteiger partial charge in [0.15, 0.2) is 0 Å². The van der Waals surface area contributed by atoms with Crippen molar-refractivity contribution in [2.24, 2.45) is 17.2 Å². The van der Waals surface area contributed by atoms with Crippen LogP contribution in [-0.2, 0) is 16.0 Å². The van der Waals surface area contributed by atoms with E-state index in [2.05, 4.69) is 5.73 Å². The SMILES string of the molecule is N#Cc1ccc(CCC(N)=O)c([N+](=O)[O-])c1.N#Cc1ccc(F)c([N+](=O)[O-])c1.NCC(N)=O. The van der Waals surface area contributed by atoms with E-state index >= 15 is 0 Å². The van der Waals surface area contributed by atoms with Crippen molar-refractivity contribution in [3.8, 4) is 12.1 Å². The lowest BCUT2D eigenvalue weighted by Gasteiger charge is -2.01. The molecule has 0 heterocycles. The maximum Gasteiger partial charge on any atom is 0.306 e. The van der Waals surface area contributed by atoms with Crippen molar-refractivity contribution >= 4 is 23.2 Å². The largest absolute Gasteiger partial charge is 0.370 e. The summed E-state index contributed by atoms with van der Waals surface area (Å²) in [5.41, 5.74) is 14.1. The minimum Gasteiger partial charge on any atom is -0.370 e. The summed E-state index contributed by atoms with van der Waals surface area (Å²) in [7, 11) is 0. The Morgan fingerprint density at radius 2 is 1.36 bits per heavy atom. The number of nitro benzene ring substituents is 2. The zero-order valence-corrected chi connectivity index (χ0v) is 16.9. The maximum atomic E-state index is 12.6. The number of carbonyl (C=O) groups excluding carboxylic acids is 2. The number of hydrogen-bond donors (Lipinski definition) is 3. The van der Waals surface area contributed by atoms with Gasteiger partial charge in [-0.15, -0.1) is 0 Å². The van der Waals surface area contributed by atoms with Crippen LogP contribution in [0.4, 0.5) is 15.8 Å². The zero-order chi connectivity index (χ0) is 25.6. The van der Waals surface area contributed by atoms with Gasteiger partial charge in [0.2, 0.25) is 17.6 Å². The summed E-state index contributed by atoms with van der Waals surface area (Å²) in [4.78, 5) is 39.5. The third-order valence-corrected chi connectivity index (χ3v) is 3.52. The van der Waals surface area contributed by atoms with E-state index in [9.17, 15) is 34.2 Å². The highest BCUT2D eigenvalue weighted by atomic mass is 19.1. The molecule has 2 aromatic carbocycles. The molecule has 0 radical (unpaired) electrons. The van der Waals surface area contributed by atoms with E-state index in [0.29, 0.717) is 5.56 Å². The molecule has 0 saturated carbocycles. The van der Waals surface area contributed by atoms with Crippen LogP contribution in [0, 0.1) is 48.7 Å². The number of primary amides is 2. The molecule has 0 atom stereocenters. The lowest BCUT2D eigenvalue weighted by molar-refractivity contribution is -0.387. The molecule has 14 heteroatoms. The Balaban J connectivity index is 0.000000530. The molecule has 0 aliphatic heterocycles. The Bertz CT molecular complexity index is 1120. The van der Waals surface area contributed by atoms with Crippen LogP contribution in [0.1, 0.15) is 23.1 Å². The highest BCUT2D eigenvalue weighted by molar-refractivity contribution is 5.75. The number of nitriles is 2. The topological polar surface area (TPSA) is 246 Å². The van der Waals surface area contributed by atoms with Gasteiger partial charge in [-0.3, -0.25) is 29.8 Å². The molecular weight excluding hydrogens is 441 g/mol. The highest BCUT2D eigenvalue weighted by Crippen LogP contribution is 2.21. The summed E-state index contributed by atoms with van der Waals surface area (Å²) in [6, 6.07) is 10.6. The summed E-state index contributed by atoms with van der Waals surface area (Å²) in [6.45, 7) is -0.0556. The first-order valence-electron chi connectivity index (χ1n) is 8.74. The number of nitrogens with zero attached hydrogens (tertiary/aromatic N) is 4. The summed E-state index contributed by atoms with van der Waals surface area (Å²) < 4.78 is 12.6. The monoisotopic (exact) mass is 459 g/mol. The van der Waals surface area contributed by atoms with Crippen molar-refractivity contribution in [3.05, 3.63) is 79.1 Å². The van der Waals surface area contributed by atoms with Crippen molar-refractivity contribution < 1.29 is 23.8 Å². The number of halogens is 1. The first kappa shape index (κ1) is 28.1. The van der Waals surface area contributed by atoms with Crippen LogP contribution < -0.4 is 17.2 Å². The Morgan fingerprint density at radius 3 is 1.76 bits per heavy atom. The third kappa shape index (κ3) is 10.6. The minimum atomic E-state index is -0.931. The molecule has 0 fully saturated rings. The van der Waals surface area contributed by atoms with Crippen molar-refractivity contribution in [3.63, 3.8) is 0 Å². The minimum absolute atomic E-state index is 0.0484. The normalized spacial score (nSPS) is 8.97. The average Bonchev–Trinajstić information content (AvgIpc) is 2.78. The Labute approximate surface area is 186 Å². The molecular formula is C19H18FN7O6. The van der Waals surface area contributed by atoms with E-state index in [1.807, 2.05) is 6.07 Å². The van der Waals surface area contributed by atoms with Crippen LogP contribution in [0.5, 0.6) is 0 Å². The second kappa shape index (κ2) is 14.1. The van der Waals surface area contributed by atoms with Gasteiger partial charge in [0.25, 0.3) is 5.69 Å². The molecule has 6 N–H and O–H groups in total. The van der Waals surface area contributed by atoms with Crippen molar-refractivity contribution in [2.75, 3.05) is 6.54 Å². The van der Waals surface area contributed by atoms with E-state index in [4.69, 9.17) is 22.0 Å². The molecule has 0 spiro atoms. The predicted octanol–water partition coefficient (Wildman–Crippen LogP) is 0.920. The molecule has 13 nitrogen and oxygen atoms in total. The molecule has 0 aliphatic rings. The van der Waals surface area contributed by atoms with E-state index in [1.54, 1.807) is 6.07 Å². The predicted molar refractivity (Wildman–Crippen MR) is 111 cm³/mol. The van der Waals surface area contributed by atoms with Gasteiger partial charge >= 0.3 is 5.69 Å². The number of benzene rings is 2. The van der Waals surface area contributed by atoms with Crippen LogP contribution >= 0.6 is 0 Å². The fourth-order valence-corrected chi connectivity index (χ4v) is 1.99. The van der Waals surface area contributed by atoms with E-state index in [-0.39, 0.29) is 36.2 Å². The first-order valence-corrected chi connectivity index (χ1v) is 8.74. The van der Waals surface area contributed by atoms with Gasteiger partial charge in [0.1, 0.15) is 0 Å². The van der Waals surface area contributed by atoms with Gasteiger partial charge in [0.05, 0.1) is 39.7 Å². The second-order valence-corrected chi connectivity index (χ2v) is 5.88. The van der Waals surface area contributed by atoms with Crippen LogP contribution in [0.2, 0.25) is 0 Å². The van der Waals surface area contributed by atoms with Gasteiger partial charge in [-0.2, -0.15) is 14.9 Å². The molecule has 0 aliphatic carbocycles. The number of rotatable bonds is 6. The fraction of sp³-hybridized carbons (Fsp3) is 0.158. The van der Waals surface area contributed by atoms with Crippen LogP contribution in [0.3, 0.4) is 0 Å². The number of nitro groups is 2. The molecule has 0 aromatic heterocycles. The lowest BCUT2D eigenvalue weighted by atomic mass is 10.1. The van der Waals surface area contributed by atoms with Gasteiger partial charge in [-0.1, -0.05) is 6.07 Å². The number of hydrogen-bond acceptors (Lipinski definition) is 9. The maximum absolute atomic E-state index is 12.6. The summed E-state index contributed by atoms with van der Waals surface area (Å²) in [5, 5.41) is 37.8. The first-order chi connectivity index (χ1) is 15.5. The summed E-state index contributed by atoms with van der Waals surface area (Å²) in [6.07, 6.45) is 0.254. The van der Waals surface area contributed by atoms with Crippen molar-refractivity contribution in [1.29, 1.82) is 10.5 Å².